The van der Waals surface area contributed by atoms with E-state index in [1.807, 2.05) is 24.6 Å². The van der Waals surface area contributed by atoms with Crippen LogP contribution in [0.1, 0.15) is 30.1 Å². The van der Waals surface area contributed by atoms with Crippen molar-refractivity contribution in [2.75, 3.05) is 0 Å². The van der Waals surface area contributed by atoms with Crippen LogP contribution >= 0.6 is 11.6 Å². The Morgan fingerprint density at radius 1 is 1.53 bits per heavy atom. The summed E-state index contributed by atoms with van der Waals surface area (Å²) < 4.78 is 3.43. The summed E-state index contributed by atoms with van der Waals surface area (Å²) in [6.07, 6.45) is 2.66. The van der Waals surface area contributed by atoms with Crippen molar-refractivity contribution in [1.82, 2.24) is 19.3 Å². The van der Waals surface area contributed by atoms with Gasteiger partial charge in [0.15, 0.2) is 0 Å². The lowest BCUT2D eigenvalue weighted by Crippen LogP contribution is -2.09. The van der Waals surface area contributed by atoms with E-state index in [1.54, 1.807) is 17.9 Å². The van der Waals surface area contributed by atoms with Gasteiger partial charge in [-0.25, -0.2) is 4.98 Å². The zero-order valence-electron chi connectivity index (χ0n) is 10.1. The van der Waals surface area contributed by atoms with Gasteiger partial charge in [0.05, 0.1) is 5.69 Å². The normalized spacial score (nSPS) is 13.0. The second-order valence-electron chi connectivity index (χ2n) is 3.89. The number of imidazole rings is 1. The molecule has 0 amide bonds. The molecule has 0 saturated carbocycles. The Balaban J connectivity index is 2.47. The topological polar surface area (TPSA) is 55.9 Å². The first kappa shape index (κ1) is 12.1. The van der Waals surface area contributed by atoms with E-state index in [1.165, 1.54) is 0 Å². The van der Waals surface area contributed by atoms with Gasteiger partial charge in [0.1, 0.15) is 17.1 Å². The quantitative estimate of drug-likeness (QED) is 0.907. The first-order valence-corrected chi connectivity index (χ1v) is 5.82. The van der Waals surface area contributed by atoms with Gasteiger partial charge < -0.3 is 9.67 Å². The number of hydrogen-bond donors (Lipinski definition) is 1. The van der Waals surface area contributed by atoms with Crippen molar-refractivity contribution in [3.8, 4) is 0 Å². The van der Waals surface area contributed by atoms with Crippen molar-refractivity contribution in [1.29, 1.82) is 0 Å². The SMILES string of the molecule is CCn1ccnc1C(O)c1c(C)nn(C)c1Cl. The zero-order chi connectivity index (χ0) is 12.6. The number of aliphatic hydroxyl groups is 1. The molecule has 0 aliphatic rings. The number of halogens is 1. The molecule has 0 aliphatic heterocycles. The third-order valence-electron chi connectivity index (χ3n) is 2.80. The standard InChI is InChI=1S/C11H15ClN4O/c1-4-16-6-5-13-11(16)9(17)8-7(2)14-15(3)10(8)12/h5-6,9,17H,4H2,1-3H3. The molecule has 0 spiro atoms. The highest BCUT2D eigenvalue weighted by atomic mass is 35.5. The van der Waals surface area contributed by atoms with E-state index in [2.05, 4.69) is 10.1 Å². The summed E-state index contributed by atoms with van der Waals surface area (Å²) in [4.78, 5) is 4.17. The monoisotopic (exact) mass is 254 g/mol. The minimum atomic E-state index is -0.842. The van der Waals surface area contributed by atoms with Gasteiger partial charge in [-0.15, -0.1) is 0 Å². The fraction of sp³-hybridized carbons (Fsp3) is 0.455. The van der Waals surface area contributed by atoms with Crippen LogP contribution in [-0.2, 0) is 13.6 Å². The lowest BCUT2D eigenvalue weighted by Gasteiger charge is -2.12. The third kappa shape index (κ3) is 1.96. The lowest BCUT2D eigenvalue weighted by atomic mass is 10.1. The predicted molar refractivity (Wildman–Crippen MR) is 64.9 cm³/mol. The first-order chi connectivity index (χ1) is 8.06. The molecular formula is C11H15ClN4O. The van der Waals surface area contributed by atoms with Gasteiger partial charge in [0.25, 0.3) is 0 Å². The summed E-state index contributed by atoms with van der Waals surface area (Å²) in [6, 6.07) is 0. The fourth-order valence-electron chi connectivity index (χ4n) is 1.92. The van der Waals surface area contributed by atoms with E-state index in [-0.39, 0.29) is 0 Å². The van der Waals surface area contributed by atoms with Crippen molar-refractivity contribution in [2.45, 2.75) is 26.5 Å². The van der Waals surface area contributed by atoms with Crippen LogP contribution < -0.4 is 0 Å². The number of aromatic nitrogens is 4. The second-order valence-corrected chi connectivity index (χ2v) is 4.25. The van der Waals surface area contributed by atoms with E-state index in [0.29, 0.717) is 16.5 Å². The molecule has 2 aromatic rings. The summed E-state index contributed by atoms with van der Waals surface area (Å²) in [5.41, 5.74) is 1.34. The van der Waals surface area contributed by atoms with Crippen LogP contribution in [0.3, 0.4) is 0 Å². The van der Waals surface area contributed by atoms with E-state index < -0.39 is 6.10 Å². The molecule has 2 aromatic heterocycles. The highest BCUT2D eigenvalue weighted by Gasteiger charge is 2.24. The predicted octanol–water partition coefficient (Wildman–Crippen LogP) is 1.68. The molecule has 0 aromatic carbocycles. The van der Waals surface area contributed by atoms with Crippen molar-refractivity contribution >= 4 is 11.6 Å². The van der Waals surface area contributed by atoms with E-state index in [0.717, 1.165) is 12.2 Å². The first-order valence-electron chi connectivity index (χ1n) is 5.44. The number of nitrogens with zero attached hydrogens (tertiary/aromatic N) is 4. The van der Waals surface area contributed by atoms with Gasteiger partial charge >= 0.3 is 0 Å². The molecule has 1 unspecified atom stereocenters. The van der Waals surface area contributed by atoms with Crippen LogP contribution in [0.25, 0.3) is 0 Å². The molecule has 0 saturated heterocycles. The number of aryl methyl sites for hydroxylation is 3. The maximum Gasteiger partial charge on any atom is 0.142 e. The summed E-state index contributed by atoms with van der Waals surface area (Å²) in [6.45, 7) is 4.57. The van der Waals surface area contributed by atoms with E-state index in [9.17, 15) is 5.11 Å². The fourth-order valence-corrected chi connectivity index (χ4v) is 2.20. The lowest BCUT2D eigenvalue weighted by molar-refractivity contribution is 0.204. The van der Waals surface area contributed by atoms with Gasteiger partial charge in [-0.3, -0.25) is 4.68 Å². The highest BCUT2D eigenvalue weighted by molar-refractivity contribution is 6.30. The second kappa shape index (κ2) is 4.50. The molecule has 2 heterocycles. The van der Waals surface area contributed by atoms with Gasteiger partial charge in [0.2, 0.25) is 0 Å². The van der Waals surface area contributed by atoms with Gasteiger partial charge in [0, 0.05) is 31.5 Å². The molecular weight excluding hydrogens is 240 g/mol. The molecule has 17 heavy (non-hydrogen) atoms. The summed E-state index contributed by atoms with van der Waals surface area (Å²) >= 11 is 6.12. The van der Waals surface area contributed by atoms with Crippen molar-refractivity contribution in [2.24, 2.45) is 7.05 Å². The maximum absolute atomic E-state index is 10.3. The zero-order valence-corrected chi connectivity index (χ0v) is 10.8. The maximum atomic E-state index is 10.3. The molecule has 0 fully saturated rings. The van der Waals surface area contributed by atoms with Gasteiger partial charge in [-0.1, -0.05) is 11.6 Å². The van der Waals surface area contributed by atoms with Crippen LogP contribution in [0.4, 0.5) is 0 Å². The van der Waals surface area contributed by atoms with Gasteiger partial charge in [-0.05, 0) is 13.8 Å². The van der Waals surface area contributed by atoms with Crippen LogP contribution in [0, 0.1) is 6.92 Å². The smallest absolute Gasteiger partial charge is 0.142 e. The number of aliphatic hydroxyl groups excluding tert-OH is 1. The van der Waals surface area contributed by atoms with E-state index in [4.69, 9.17) is 11.6 Å². The van der Waals surface area contributed by atoms with Crippen molar-refractivity contribution in [3.63, 3.8) is 0 Å². The Labute approximate surface area is 105 Å². The summed E-state index contributed by atoms with van der Waals surface area (Å²) in [5.74, 6) is 0.588. The summed E-state index contributed by atoms with van der Waals surface area (Å²) in [7, 11) is 1.75. The Kier molecular flexibility index (Phi) is 3.22. The highest BCUT2D eigenvalue weighted by Crippen LogP contribution is 2.29. The Bertz CT molecular complexity index is 532. The average Bonchev–Trinajstić information content (AvgIpc) is 2.84. The van der Waals surface area contributed by atoms with Crippen LogP contribution in [0.2, 0.25) is 5.15 Å². The minimum Gasteiger partial charge on any atom is -0.380 e. The largest absolute Gasteiger partial charge is 0.380 e. The molecule has 2 rings (SSSR count). The van der Waals surface area contributed by atoms with Gasteiger partial charge in [-0.2, -0.15) is 5.10 Å². The Hall–Kier alpha value is -1.33. The molecule has 1 atom stereocenters. The van der Waals surface area contributed by atoms with Crippen LogP contribution in [0.15, 0.2) is 12.4 Å². The minimum absolute atomic E-state index is 0.445. The van der Waals surface area contributed by atoms with Crippen molar-refractivity contribution in [3.05, 3.63) is 34.6 Å². The molecule has 0 bridgehead atoms. The molecule has 0 radical (unpaired) electrons. The number of hydrogen-bond acceptors (Lipinski definition) is 3. The van der Waals surface area contributed by atoms with E-state index >= 15 is 0 Å². The van der Waals surface area contributed by atoms with Crippen LogP contribution in [-0.4, -0.2) is 24.4 Å². The Morgan fingerprint density at radius 3 is 2.76 bits per heavy atom. The average molecular weight is 255 g/mol. The molecule has 92 valence electrons. The summed E-state index contributed by atoms with van der Waals surface area (Å²) in [5, 5.41) is 15.0. The molecule has 0 aliphatic carbocycles. The number of rotatable bonds is 3. The van der Waals surface area contributed by atoms with Crippen molar-refractivity contribution < 1.29 is 5.11 Å². The molecule has 5 nitrogen and oxygen atoms in total. The van der Waals surface area contributed by atoms with Crippen LogP contribution in [0.5, 0.6) is 0 Å². The molecule has 6 heteroatoms. The third-order valence-corrected chi connectivity index (χ3v) is 3.25. The molecule has 1 N–H and O–H groups in total. The Morgan fingerprint density at radius 2 is 2.24 bits per heavy atom.